The number of hydrogen-bond acceptors (Lipinski definition) is 5. The van der Waals surface area contributed by atoms with E-state index in [1.807, 2.05) is 43.3 Å². The second-order valence-electron chi connectivity index (χ2n) is 9.54. The summed E-state index contributed by atoms with van der Waals surface area (Å²) in [6.07, 6.45) is 0.418. The molecule has 4 rings (SSSR count). The molecule has 0 radical (unpaired) electrons. The number of carboxylic acid groups (broad SMARTS) is 1. The number of nitrogens with one attached hydrogen (secondary N) is 1. The van der Waals surface area contributed by atoms with Crippen LogP contribution in [0.4, 0.5) is 4.79 Å². The predicted octanol–water partition coefficient (Wildman–Crippen LogP) is 3.79. The van der Waals surface area contributed by atoms with Crippen LogP contribution >= 0.6 is 0 Å². The fraction of sp³-hybridized carbons (Fsp3) is 0.444. The Balaban J connectivity index is 1.49. The van der Waals surface area contributed by atoms with Crippen LogP contribution in [0.1, 0.15) is 50.2 Å². The molecule has 8 nitrogen and oxygen atoms in total. The molecule has 2 aromatic carbocycles. The number of carbonyl (C=O) groups excluding carboxylic acids is 2. The van der Waals surface area contributed by atoms with Gasteiger partial charge in [0.05, 0.1) is 6.61 Å². The van der Waals surface area contributed by atoms with E-state index in [0.717, 1.165) is 22.3 Å². The van der Waals surface area contributed by atoms with Gasteiger partial charge in [-0.1, -0.05) is 61.9 Å². The molecular formula is C27H32N2O6. The highest BCUT2D eigenvalue weighted by atomic mass is 16.5. The SMILES string of the molecule is CCCC(C)(NC(=O)OCC1c2ccccc2-c2ccccc21)C(=O)N(C)C1(C(=O)O)CCOC1. The van der Waals surface area contributed by atoms with Crippen LogP contribution in [0.2, 0.25) is 0 Å². The number of aliphatic carboxylic acids is 1. The van der Waals surface area contributed by atoms with Crippen molar-refractivity contribution in [1.29, 1.82) is 0 Å². The predicted molar refractivity (Wildman–Crippen MR) is 130 cm³/mol. The Kier molecular flexibility index (Phi) is 6.85. The van der Waals surface area contributed by atoms with Crippen molar-refractivity contribution < 1.29 is 29.0 Å². The summed E-state index contributed by atoms with van der Waals surface area (Å²) in [5.41, 5.74) is 1.67. The molecule has 2 aliphatic rings. The van der Waals surface area contributed by atoms with Gasteiger partial charge in [-0.2, -0.15) is 0 Å². The summed E-state index contributed by atoms with van der Waals surface area (Å²) >= 11 is 0. The molecule has 0 spiro atoms. The number of amides is 2. The zero-order valence-corrected chi connectivity index (χ0v) is 20.4. The number of hydrogen-bond donors (Lipinski definition) is 2. The Morgan fingerprint density at radius 2 is 1.74 bits per heavy atom. The third kappa shape index (κ3) is 4.38. The largest absolute Gasteiger partial charge is 0.479 e. The lowest BCUT2D eigenvalue weighted by Crippen LogP contribution is -2.64. The summed E-state index contributed by atoms with van der Waals surface area (Å²) in [7, 11) is 1.46. The van der Waals surface area contributed by atoms with Gasteiger partial charge in [-0.3, -0.25) is 4.79 Å². The maximum absolute atomic E-state index is 13.5. The number of rotatable bonds is 8. The van der Waals surface area contributed by atoms with Crippen LogP contribution in [0.15, 0.2) is 48.5 Å². The smallest absolute Gasteiger partial charge is 0.408 e. The van der Waals surface area contributed by atoms with Crippen molar-refractivity contribution in [2.45, 2.75) is 50.1 Å². The van der Waals surface area contributed by atoms with Crippen LogP contribution in [0.5, 0.6) is 0 Å². The third-order valence-electron chi connectivity index (χ3n) is 7.29. The first-order chi connectivity index (χ1) is 16.7. The van der Waals surface area contributed by atoms with Crippen molar-refractivity contribution in [3.05, 3.63) is 59.7 Å². The number of carboxylic acids is 1. The zero-order chi connectivity index (χ0) is 25.2. The van der Waals surface area contributed by atoms with Gasteiger partial charge < -0.3 is 24.8 Å². The van der Waals surface area contributed by atoms with Gasteiger partial charge in [0, 0.05) is 26.0 Å². The topological polar surface area (TPSA) is 105 Å². The molecule has 186 valence electrons. The van der Waals surface area contributed by atoms with E-state index in [0.29, 0.717) is 12.8 Å². The molecule has 1 aliphatic carbocycles. The van der Waals surface area contributed by atoms with Crippen molar-refractivity contribution in [2.75, 3.05) is 26.9 Å². The minimum atomic E-state index is -1.45. The molecule has 2 unspecified atom stereocenters. The molecule has 1 fully saturated rings. The molecule has 1 heterocycles. The van der Waals surface area contributed by atoms with Gasteiger partial charge in [0.25, 0.3) is 0 Å². The normalized spacial score (nSPS) is 20.4. The molecule has 2 atom stereocenters. The second-order valence-corrected chi connectivity index (χ2v) is 9.54. The van der Waals surface area contributed by atoms with Crippen molar-refractivity contribution >= 4 is 18.0 Å². The van der Waals surface area contributed by atoms with Crippen LogP contribution in [0, 0.1) is 0 Å². The molecule has 2 aromatic rings. The average molecular weight is 481 g/mol. The van der Waals surface area contributed by atoms with Gasteiger partial charge in [-0.25, -0.2) is 9.59 Å². The van der Waals surface area contributed by atoms with E-state index in [9.17, 15) is 19.5 Å². The highest BCUT2D eigenvalue weighted by Crippen LogP contribution is 2.44. The Morgan fingerprint density at radius 1 is 1.14 bits per heavy atom. The zero-order valence-electron chi connectivity index (χ0n) is 20.4. The van der Waals surface area contributed by atoms with Crippen LogP contribution in [-0.2, 0) is 19.1 Å². The lowest BCUT2D eigenvalue weighted by atomic mass is 9.89. The third-order valence-corrected chi connectivity index (χ3v) is 7.29. The van der Waals surface area contributed by atoms with Crippen LogP contribution in [0.25, 0.3) is 11.1 Å². The lowest BCUT2D eigenvalue weighted by Gasteiger charge is -2.40. The highest BCUT2D eigenvalue weighted by Gasteiger charge is 2.52. The van der Waals surface area contributed by atoms with Gasteiger partial charge >= 0.3 is 12.1 Å². The lowest BCUT2D eigenvalue weighted by molar-refractivity contribution is -0.160. The fourth-order valence-electron chi connectivity index (χ4n) is 5.28. The molecule has 1 aliphatic heterocycles. The Bertz CT molecular complexity index is 1080. The summed E-state index contributed by atoms with van der Waals surface area (Å²) in [5, 5.41) is 12.6. The Labute approximate surface area is 205 Å². The maximum Gasteiger partial charge on any atom is 0.408 e. The number of benzene rings is 2. The summed E-state index contributed by atoms with van der Waals surface area (Å²) in [6.45, 7) is 3.81. The quantitative estimate of drug-likeness (QED) is 0.596. The fourth-order valence-corrected chi connectivity index (χ4v) is 5.28. The van der Waals surface area contributed by atoms with Crippen molar-refractivity contribution in [3.8, 4) is 11.1 Å². The number of fused-ring (bicyclic) bond motifs is 3. The molecule has 35 heavy (non-hydrogen) atoms. The minimum absolute atomic E-state index is 0.0856. The summed E-state index contributed by atoms with van der Waals surface area (Å²) in [5.74, 6) is -1.71. The van der Waals surface area contributed by atoms with E-state index in [1.165, 1.54) is 11.9 Å². The summed E-state index contributed by atoms with van der Waals surface area (Å²) < 4.78 is 11.0. The van der Waals surface area contributed by atoms with Gasteiger partial charge in [0.2, 0.25) is 5.91 Å². The van der Waals surface area contributed by atoms with Gasteiger partial charge in [-0.15, -0.1) is 0 Å². The van der Waals surface area contributed by atoms with E-state index >= 15 is 0 Å². The molecule has 1 saturated heterocycles. The molecule has 0 aromatic heterocycles. The van der Waals surface area contributed by atoms with Gasteiger partial charge in [-0.05, 0) is 35.6 Å². The Morgan fingerprint density at radius 3 is 2.26 bits per heavy atom. The molecule has 0 bridgehead atoms. The summed E-state index contributed by atoms with van der Waals surface area (Å²) in [4.78, 5) is 39.7. The second kappa shape index (κ2) is 9.70. The number of alkyl carbamates (subject to hydrolysis) is 1. The van der Waals surface area contributed by atoms with Crippen LogP contribution < -0.4 is 5.32 Å². The van der Waals surface area contributed by atoms with E-state index in [-0.39, 0.29) is 32.2 Å². The van der Waals surface area contributed by atoms with Crippen molar-refractivity contribution in [2.24, 2.45) is 0 Å². The molecule has 2 N–H and O–H groups in total. The van der Waals surface area contributed by atoms with E-state index in [4.69, 9.17) is 9.47 Å². The molecular weight excluding hydrogens is 448 g/mol. The maximum atomic E-state index is 13.5. The molecule has 0 saturated carbocycles. The van der Waals surface area contributed by atoms with E-state index in [2.05, 4.69) is 17.4 Å². The van der Waals surface area contributed by atoms with E-state index in [1.54, 1.807) is 6.92 Å². The first-order valence-corrected chi connectivity index (χ1v) is 12.0. The number of nitrogens with zero attached hydrogens (tertiary/aromatic N) is 1. The average Bonchev–Trinajstić information content (AvgIpc) is 3.46. The number of carbonyl (C=O) groups is 3. The minimum Gasteiger partial charge on any atom is -0.479 e. The molecule has 8 heteroatoms. The monoisotopic (exact) mass is 480 g/mol. The van der Waals surface area contributed by atoms with Crippen LogP contribution in [0.3, 0.4) is 0 Å². The van der Waals surface area contributed by atoms with E-state index < -0.39 is 29.0 Å². The standard InChI is InChI=1S/C27H32N2O6/c1-4-13-26(2,23(30)29(3)27(24(31)32)14-15-34-17-27)28-25(33)35-16-22-20-11-7-5-9-18(20)19-10-6-8-12-21(19)22/h5-12,22H,4,13-17H2,1-3H3,(H,28,33)(H,31,32). The summed E-state index contributed by atoms with van der Waals surface area (Å²) in [6, 6.07) is 16.1. The van der Waals surface area contributed by atoms with Gasteiger partial charge in [0.15, 0.2) is 5.54 Å². The van der Waals surface area contributed by atoms with Crippen LogP contribution in [-0.4, -0.2) is 65.9 Å². The Hall–Kier alpha value is -3.39. The first-order valence-electron chi connectivity index (χ1n) is 12.0. The first kappa shape index (κ1) is 24.7. The van der Waals surface area contributed by atoms with Gasteiger partial charge in [0.1, 0.15) is 12.1 Å². The molecule has 2 amide bonds. The van der Waals surface area contributed by atoms with Crippen molar-refractivity contribution in [3.63, 3.8) is 0 Å². The number of likely N-dealkylation sites (N-methyl/N-ethyl adjacent to an activating group) is 1. The van der Waals surface area contributed by atoms with Crippen molar-refractivity contribution in [1.82, 2.24) is 10.2 Å². The number of ether oxygens (including phenoxy) is 2. The highest BCUT2D eigenvalue weighted by molar-refractivity contribution is 5.94.